The predicted octanol–water partition coefficient (Wildman–Crippen LogP) is 2.84. The summed E-state index contributed by atoms with van der Waals surface area (Å²) in [5, 5.41) is 23.0. The van der Waals surface area contributed by atoms with Crippen LogP contribution in [0.2, 0.25) is 5.02 Å². The number of carbonyl (C=O) groups is 1. The maximum Gasteiger partial charge on any atom is 0.244 e. The molecule has 24 heavy (non-hydrogen) atoms. The Kier molecular flexibility index (Phi) is 6.03. The van der Waals surface area contributed by atoms with E-state index in [2.05, 4.69) is 10.5 Å². The quantitative estimate of drug-likeness (QED) is 0.553. The van der Waals surface area contributed by atoms with Gasteiger partial charge in [-0.2, -0.15) is 5.10 Å². The van der Waals surface area contributed by atoms with Crippen LogP contribution in [-0.2, 0) is 11.2 Å². The second-order valence-electron chi connectivity index (χ2n) is 4.92. The van der Waals surface area contributed by atoms with Crippen molar-refractivity contribution in [2.45, 2.75) is 13.3 Å². The molecule has 1 amide bonds. The number of phenols is 2. The Balaban J connectivity index is 1.98. The molecule has 6 nitrogen and oxygen atoms in total. The molecule has 0 saturated carbocycles. The minimum absolute atomic E-state index is 0.132. The number of hydrogen-bond donors (Lipinski definition) is 3. The fraction of sp³-hybridized carbons (Fsp3) is 0.176. The summed E-state index contributed by atoms with van der Waals surface area (Å²) in [4.78, 5) is 11.8. The zero-order valence-electron chi connectivity index (χ0n) is 13.0. The average molecular weight is 349 g/mol. The molecule has 0 saturated heterocycles. The van der Waals surface area contributed by atoms with Gasteiger partial charge in [0.05, 0.1) is 24.3 Å². The lowest BCUT2D eigenvalue weighted by atomic mass is 10.1. The summed E-state index contributed by atoms with van der Waals surface area (Å²) in [5.74, 6) is -0.0350. The fourth-order valence-electron chi connectivity index (χ4n) is 1.95. The second-order valence-corrected chi connectivity index (χ2v) is 5.33. The molecule has 0 spiro atoms. The van der Waals surface area contributed by atoms with Gasteiger partial charge in [0.25, 0.3) is 0 Å². The number of phenolic OH excluding ortho intramolecular Hbond substituents is 2. The highest BCUT2D eigenvalue weighted by Crippen LogP contribution is 2.34. The number of halogens is 1. The lowest BCUT2D eigenvalue weighted by Gasteiger charge is -2.08. The molecule has 0 unspecified atom stereocenters. The molecule has 0 aliphatic rings. The van der Waals surface area contributed by atoms with E-state index in [1.807, 2.05) is 0 Å². The van der Waals surface area contributed by atoms with Crippen molar-refractivity contribution in [1.29, 1.82) is 0 Å². The number of nitrogens with one attached hydrogen (secondary N) is 1. The highest BCUT2D eigenvalue weighted by molar-refractivity contribution is 6.32. The molecule has 3 N–H and O–H groups in total. The first-order valence-electron chi connectivity index (χ1n) is 7.24. The molecule has 2 aromatic rings. The van der Waals surface area contributed by atoms with Crippen molar-refractivity contribution in [1.82, 2.24) is 5.43 Å². The van der Waals surface area contributed by atoms with Gasteiger partial charge < -0.3 is 14.9 Å². The molecule has 0 radical (unpaired) electrons. The summed E-state index contributed by atoms with van der Waals surface area (Å²) in [7, 11) is 0. The number of ether oxygens (including phenoxy) is 1. The van der Waals surface area contributed by atoms with E-state index < -0.39 is 0 Å². The van der Waals surface area contributed by atoms with Crippen molar-refractivity contribution in [3.05, 3.63) is 52.5 Å². The van der Waals surface area contributed by atoms with Crippen LogP contribution in [-0.4, -0.2) is 28.9 Å². The van der Waals surface area contributed by atoms with Gasteiger partial charge in [0.2, 0.25) is 5.91 Å². The van der Waals surface area contributed by atoms with Crippen molar-refractivity contribution in [3.63, 3.8) is 0 Å². The van der Waals surface area contributed by atoms with E-state index in [4.69, 9.17) is 16.3 Å². The highest BCUT2D eigenvalue weighted by Gasteiger charge is 2.08. The van der Waals surface area contributed by atoms with Crippen molar-refractivity contribution >= 4 is 23.7 Å². The van der Waals surface area contributed by atoms with Crippen LogP contribution < -0.4 is 10.2 Å². The molecular weight excluding hydrogens is 332 g/mol. The summed E-state index contributed by atoms with van der Waals surface area (Å²) in [6.45, 7) is 2.17. The van der Waals surface area contributed by atoms with Crippen molar-refractivity contribution in [2.24, 2.45) is 5.10 Å². The van der Waals surface area contributed by atoms with Gasteiger partial charge >= 0.3 is 0 Å². The first-order chi connectivity index (χ1) is 11.5. The third kappa shape index (κ3) is 4.89. The number of aromatic hydroxyl groups is 2. The Labute approximate surface area is 144 Å². The van der Waals surface area contributed by atoms with Crippen LogP contribution in [0.1, 0.15) is 18.1 Å². The second kappa shape index (κ2) is 8.21. The first kappa shape index (κ1) is 17.6. The molecule has 0 aliphatic heterocycles. The van der Waals surface area contributed by atoms with Gasteiger partial charge in [0, 0.05) is 0 Å². The number of hydrogen-bond acceptors (Lipinski definition) is 5. The largest absolute Gasteiger partial charge is 0.508 e. The lowest BCUT2D eigenvalue weighted by molar-refractivity contribution is -0.120. The average Bonchev–Trinajstić information content (AvgIpc) is 2.54. The van der Waals surface area contributed by atoms with Gasteiger partial charge in [-0.25, -0.2) is 5.43 Å². The number of carbonyl (C=O) groups excluding carboxylic acids is 1. The van der Waals surface area contributed by atoms with Crippen LogP contribution in [0.3, 0.4) is 0 Å². The van der Waals surface area contributed by atoms with Crippen LogP contribution in [0.4, 0.5) is 0 Å². The topological polar surface area (TPSA) is 91.2 Å². The number of nitrogens with zero attached hydrogens (tertiary/aromatic N) is 1. The molecule has 2 rings (SSSR count). The van der Waals surface area contributed by atoms with Crippen molar-refractivity contribution < 1.29 is 19.7 Å². The monoisotopic (exact) mass is 348 g/mol. The van der Waals surface area contributed by atoms with Crippen LogP contribution in [0.15, 0.2) is 41.5 Å². The zero-order chi connectivity index (χ0) is 17.5. The van der Waals surface area contributed by atoms with E-state index in [9.17, 15) is 15.0 Å². The Morgan fingerprint density at radius 2 is 2.00 bits per heavy atom. The van der Waals surface area contributed by atoms with Crippen LogP contribution in [0, 0.1) is 0 Å². The smallest absolute Gasteiger partial charge is 0.244 e. The molecule has 0 aromatic heterocycles. The van der Waals surface area contributed by atoms with E-state index in [-0.39, 0.29) is 34.6 Å². The van der Waals surface area contributed by atoms with E-state index in [0.29, 0.717) is 12.2 Å². The van der Waals surface area contributed by atoms with Gasteiger partial charge in [-0.3, -0.25) is 4.79 Å². The van der Waals surface area contributed by atoms with Gasteiger partial charge in [-0.15, -0.1) is 0 Å². The van der Waals surface area contributed by atoms with Crippen LogP contribution in [0.25, 0.3) is 0 Å². The summed E-state index contributed by atoms with van der Waals surface area (Å²) in [6, 6.07) is 9.42. The minimum Gasteiger partial charge on any atom is -0.508 e. The minimum atomic E-state index is -0.299. The van der Waals surface area contributed by atoms with Gasteiger partial charge in [-0.05, 0) is 42.3 Å². The molecule has 126 valence electrons. The third-order valence-electron chi connectivity index (χ3n) is 3.05. The lowest BCUT2D eigenvalue weighted by Crippen LogP contribution is -2.19. The van der Waals surface area contributed by atoms with Gasteiger partial charge in [-0.1, -0.05) is 23.7 Å². The van der Waals surface area contributed by atoms with E-state index >= 15 is 0 Å². The number of benzene rings is 2. The number of rotatable bonds is 6. The fourth-order valence-corrected chi connectivity index (χ4v) is 2.17. The molecule has 0 heterocycles. The summed E-state index contributed by atoms with van der Waals surface area (Å²) < 4.78 is 5.27. The van der Waals surface area contributed by atoms with Gasteiger partial charge in [0.15, 0.2) is 11.5 Å². The maximum absolute atomic E-state index is 11.8. The first-order valence-corrected chi connectivity index (χ1v) is 7.62. The Bertz CT molecular complexity index is 745. The molecule has 0 bridgehead atoms. The Morgan fingerprint density at radius 3 is 2.67 bits per heavy atom. The molecule has 0 atom stereocenters. The van der Waals surface area contributed by atoms with E-state index in [0.717, 1.165) is 5.56 Å². The van der Waals surface area contributed by atoms with Crippen LogP contribution in [0.5, 0.6) is 17.2 Å². The SMILES string of the molecule is CCOc1cc(/C=N\NC(=O)Cc2ccc(O)cc2)cc(Cl)c1O. The number of amides is 1. The number of hydrazone groups is 1. The van der Waals surface area contributed by atoms with Crippen LogP contribution >= 0.6 is 11.6 Å². The van der Waals surface area contributed by atoms with E-state index in [1.54, 1.807) is 25.1 Å². The Hall–Kier alpha value is -2.73. The normalized spacial score (nSPS) is 10.8. The van der Waals surface area contributed by atoms with E-state index in [1.165, 1.54) is 24.4 Å². The highest BCUT2D eigenvalue weighted by atomic mass is 35.5. The molecular formula is C17H17ClN2O4. The summed E-state index contributed by atoms with van der Waals surface area (Å²) >= 11 is 5.92. The summed E-state index contributed by atoms with van der Waals surface area (Å²) in [6.07, 6.45) is 1.54. The standard InChI is InChI=1S/C17H17ClN2O4/c1-2-24-15-8-12(7-14(18)17(15)23)10-19-20-16(22)9-11-3-5-13(21)6-4-11/h3-8,10,21,23H,2,9H2,1H3,(H,20,22)/b19-10-. The zero-order valence-corrected chi connectivity index (χ0v) is 13.7. The molecule has 7 heteroatoms. The Morgan fingerprint density at radius 1 is 1.29 bits per heavy atom. The van der Waals surface area contributed by atoms with Crippen molar-refractivity contribution in [3.8, 4) is 17.2 Å². The van der Waals surface area contributed by atoms with Crippen molar-refractivity contribution in [2.75, 3.05) is 6.61 Å². The third-order valence-corrected chi connectivity index (χ3v) is 3.34. The molecule has 2 aromatic carbocycles. The van der Waals surface area contributed by atoms with Gasteiger partial charge in [0.1, 0.15) is 5.75 Å². The molecule has 0 aliphatic carbocycles. The predicted molar refractivity (Wildman–Crippen MR) is 91.8 cm³/mol. The molecule has 0 fully saturated rings. The maximum atomic E-state index is 11.8. The summed E-state index contributed by atoms with van der Waals surface area (Å²) in [5.41, 5.74) is 3.73.